The molecule has 0 saturated carbocycles. The molecule has 0 unspecified atom stereocenters. The molecular formula is C19H31N3O. The maximum Gasteiger partial charge on any atom is 0.143 e. The zero-order valence-corrected chi connectivity index (χ0v) is 14.7. The third-order valence-electron chi connectivity index (χ3n) is 5.55. The van der Waals surface area contributed by atoms with Crippen LogP contribution in [0.3, 0.4) is 0 Å². The highest BCUT2D eigenvalue weighted by Crippen LogP contribution is 2.40. The fourth-order valence-corrected chi connectivity index (χ4v) is 3.83. The van der Waals surface area contributed by atoms with Crippen LogP contribution in [0.1, 0.15) is 46.0 Å². The molecular weight excluding hydrogens is 286 g/mol. The van der Waals surface area contributed by atoms with Crippen molar-refractivity contribution in [3.05, 3.63) is 18.2 Å². The molecule has 2 aliphatic rings. The highest BCUT2D eigenvalue weighted by atomic mass is 16.5. The molecule has 0 atom stereocenters. The van der Waals surface area contributed by atoms with Crippen molar-refractivity contribution < 1.29 is 4.74 Å². The Bertz CT molecular complexity index is 521. The third kappa shape index (κ3) is 3.57. The molecule has 4 nitrogen and oxygen atoms in total. The van der Waals surface area contributed by atoms with Gasteiger partial charge < -0.3 is 20.3 Å². The number of nitrogens with zero attached hydrogens (tertiary/aromatic N) is 2. The van der Waals surface area contributed by atoms with Gasteiger partial charge in [0.15, 0.2) is 0 Å². The van der Waals surface area contributed by atoms with Gasteiger partial charge in [-0.05, 0) is 57.0 Å². The fourth-order valence-electron chi connectivity index (χ4n) is 3.83. The molecule has 4 heteroatoms. The van der Waals surface area contributed by atoms with E-state index in [-0.39, 0.29) is 5.60 Å². The van der Waals surface area contributed by atoms with Crippen LogP contribution in [-0.4, -0.2) is 43.2 Å². The molecule has 23 heavy (non-hydrogen) atoms. The minimum Gasteiger partial charge on any atom is -0.483 e. The summed E-state index contributed by atoms with van der Waals surface area (Å²) in [7, 11) is 0. The average Bonchev–Trinajstić information content (AvgIpc) is 2.60. The Kier molecular flexibility index (Phi) is 5.00. The summed E-state index contributed by atoms with van der Waals surface area (Å²) in [4.78, 5) is 5.10. The molecule has 0 amide bonds. The Morgan fingerprint density at radius 1 is 1.09 bits per heavy atom. The molecule has 0 spiro atoms. The van der Waals surface area contributed by atoms with Crippen LogP contribution < -0.4 is 15.4 Å². The monoisotopic (exact) mass is 317 g/mol. The first-order valence-corrected chi connectivity index (χ1v) is 9.21. The van der Waals surface area contributed by atoms with Crippen molar-refractivity contribution in [1.29, 1.82) is 0 Å². The molecule has 0 aromatic heterocycles. The molecule has 1 fully saturated rings. The lowest BCUT2D eigenvalue weighted by Crippen LogP contribution is -2.52. The summed E-state index contributed by atoms with van der Waals surface area (Å²) in [6.45, 7) is 10.1. The Morgan fingerprint density at radius 2 is 1.83 bits per heavy atom. The van der Waals surface area contributed by atoms with Crippen molar-refractivity contribution >= 4 is 11.4 Å². The van der Waals surface area contributed by atoms with Crippen LogP contribution in [0.5, 0.6) is 5.75 Å². The Labute approximate surface area is 140 Å². The van der Waals surface area contributed by atoms with Crippen LogP contribution in [0, 0.1) is 0 Å². The van der Waals surface area contributed by atoms with Gasteiger partial charge in [-0.3, -0.25) is 0 Å². The first-order chi connectivity index (χ1) is 11.2. The highest BCUT2D eigenvalue weighted by Gasteiger charge is 2.37. The number of anilines is 2. The lowest BCUT2D eigenvalue weighted by atomic mass is 9.93. The van der Waals surface area contributed by atoms with Crippen molar-refractivity contribution in [1.82, 2.24) is 4.90 Å². The van der Waals surface area contributed by atoms with E-state index in [2.05, 4.69) is 29.7 Å². The van der Waals surface area contributed by atoms with E-state index in [9.17, 15) is 0 Å². The van der Waals surface area contributed by atoms with E-state index in [1.165, 1.54) is 38.0 Å². The summed E-state index contributed by atoms with van der Waals surface area (Å²) in [6, 6.07) is 6.06. The van der Waals surface area contributed by atoms with E-state index >= 15 is 0 Å². The first kappa shape index (κ1) is 16.4. The molecule has 128 valence electrons. The number of ether oxygens (including phenoxy) is 1. The lowest BCUT2D eigenvalue weighted by molar-refractivity contribution is 0.0566. The third-order valence-corrected chi connectivity index (χ3v) is 5.55. The SMILES string of the molecule is CCC1(CC)CN(CCN2CCCCC2)c2cc(N)ccc2O1. The molecule has 1 aromatic rings. The number of nitrogens with two attached hydrogens (primary N) is 1. The van der Waals surface area contributed by atoms with Crippen LogP contribution in [0.25, 0.3) is 0 Å². The summed E-state index contributed by atoms with van der Waals surface area (Å²) in [5, 5.41) is 0. The van der Waals surface area contributed by atoms with Crippen molar-refractivity contribution in [3.8, 4) is 5.75 Å². The molecule has 3 rings (SSSR count). The van der Waals surface area contributed by atoms with E-state index in [1.54, 1.807) is 0 Å². The summed E-state index contributed by atoms with van der Waals surface area (Å²) in [6.07, 6.45) is 6.16. The van der Waals surface area contributed by atoms with E-state index in [0.29, 0.717) is 0 Å². The standard InChI is InChI=1S/C19H31N3O/c1-3-19(4-2)15-22(13-12-21-10-6-5-7-11-21)17-14-16(20)8-9-18(17)23-19/h8-9,14H,3-7,10-13,15,20H2,1-2H3. The van der Waals surface area contributed by atoms with E-state index < -0.39 is 0 Å². The van der Waals surface area contributed by atoms with Crippen molar-refractivity contribution in [2.75, 3.05) is 43.4 Å². The van der Waals surface area contributed by atoms with Gasteiger partial charge in [0, 0.05) is 18.8 Å². The molecule has 0 bridgehead atoms. The van der Waals surface area contributed by atoms with Crippen LogP contribution >= 0.6 is 0 Å². The summed E-state index contributed by atoms with van der Waals surface area (Å²) < 4.78 is 6.38. The topological polar surface area (TPSA) is 41.7 Å². The number of likely N-dealkylation sites (tertiary alicyclic amines) is 1. The smallest absolute Gasteiger partial charge is 0.143 e. The summed E-state index contributed by atoms with van der Waals surface area (Å²) in [5.41, 5.74) is 7.94. The van der Waals surface area contributed by atoms with Gasteiger partial charge in [0.1, 0.15) is 11.4 Å². The number of benzene rings is 1. The number of rotatable bonds is 5. The average molecular weight is 317 g/mol. The maximum absolute atomic E-state index is 6.38. The number of piperidine rings is 1. The highest BCUT2D eigenvalue weighted by molar-refractivity contribution is 5.66. The Hall–Kier alpha value is -1.42. The van der Waals surface area contributed by atoms with Gasteiger partial charge in [-0.15, -0.1) is 0 Å². The van der Waals surface area contributed by atoms with E-state index in [1.807, 2.05) is 12.1 Å². The largest absolute Gasteiger partial charge is 0.483 e. The molecule has 1 aromatic carbocycles. The van der Waals surface area contributed by atoms with Crippen LogP contribution in [-0.2, 0) is 0 Å². The predicted octanol–water partition coefficient (Wildman–Crippen LogP) is 3.51. The van der Waals surface area contributed by atoms with Gasteiger partial charge in [-0.25, -0.2) is 0 Å². The molecule has 2 aliphatic heterocycles. The second-order valence-electron chi connectivity index (χ2n) is 7.04. The van der Waals surface area contributed by atoms with Gasteiger partial charge in [-0.1, -0.05) is 20.3 Å². The quantitative estimate of drug-likeness (QED) is 0.844. The van der Waals surface area contributed by atoms with Gasteiger partial charge in [0.2, 0.25) is 0 Å². The van der Waals surface area contributed by atoms with E-state index in [0.717, 1.165) is 43.9 Å². The van der Waals surface area contributed by atoms with Gasteiger partial charge in [0.25, 0.3) is 0 Å². The van der Waals surface area contributed by atoms with Crippen LogP contribution in [0.15, 0.2) is 18.2 Å². The second-order valence-corrected chi connectivity index (χ2v) is 7.04. The maximum atomic E-state index is 6.38. The minimum absolute atomic E-state index is 0.0645. The molecule has 2 N–H and O–H groups in total. The van der Waals surface area contributed by atoms with Crippen LogP contribution in [0.4, 0.5) is 11.4 Å². The summed E-state index contributed by atoms with van der Waals surface area (Å²) in [5.74, 6) is 0.993. The first-order valence-electron chi connectivity index (χ1n) is 9.21. The molecule has 2 heterocycles. The number of nitrogen functional groups attached to an aromatic ring is 1. The Morgan fingerprint density at radius 3 is 2.52 bits per heavy atom. The Balaban J connectivity index is 1.77. The predicted molar refractivity (Wildman–Crippen MR) is 97.3 cm³/mol. The van der Waals surface area contributed by atoms with Crippen molar-refractivity contribution in [2.24, 2.45) is 0 Å². The summed E-state index contributed by atoms with van der Waals surface area (Å²) >= 11 is 0. The number of hydrogen-bond acceptors (Lipinski definition) is 4. The zero-order valence-electron chi connectivity index (χ0n) is 14.7. The molecule has 0 aliphatic carbocycles. The van der Waals surface area contributed by atoms with Crippen molar-refractivity contribution in [3.63, 3.8) is 0 Å². The lowest BCUT2D eigenvalue weighted by Gasteiger charge is -2.45. The minimum atomic E-state index is -0.0645. The van der Waals surface area contributed by atoms with Gasteiger partial charge in [0.05, 0.1) is 12.2 Å². The van der Waals surface area contributed by atoms with Crippen LogP contribution in [0.2, 0.25) is 0 Å². The molecule has 0 radical (unpaired) electrons. The second kappa shape index (κ2) is 7.00. The number of fused-ring (bicyclic) bond motifs is 1. The fraction of sp³-hybridized carbons (Fsp3) is 0.684. The van der Waals surface area contributed by atoms with E-state index in [4.69, 9.17) is 10.5 Å². The van der Waals surface area contributed by atoms with Gasteiger partial charge >= 0.3 is 0 Å². The zero-order chi connectivity index (χ0) is 16.3. The van der Waals surface area contributed by atoms with Crippen molar-refractivity contribution in [2.45, 2.75) is 51.6 Å². The molecule has 1 saturated heterocycles. The normalized spacial score (nSPS) is 20.9. The number of hydrogen-bond donors (Lipinski definition) is 1. The van der Waals surface area contributed by atoms with Gasteiger partial charge in [-0.2, -0.15) is 0 Å².